The molecule has 0 saturated carbocycles. The third-order valence-corrected chi connectivity index (χ3v) is 2.98. The maximum atomic E-state index is 10.8. The monoisotopic (exact) mass is 252 g/mol. The number of aliphatic hydroxyl groups is 1. The molecule has 0 radical (unpaired) electrons. The summed E-state index contributed by atoms with van der Waals surface area (Å²) in [4.78, 5) is 10.5. The van der Waals surface area contributed by atoms with Crippen LogP contribution < -0.4 is 5.32 Å². The normalized spacial score (nSPS) is 11.6. The van der Waals surface area contributed by atoms with Gasteiger partial charge >= 0.3 is 0 Å². The van der Waals surface area contributed by atoms with E-state index in [0.717, 1.165) is 5.56 Å². The van der Waals surface area contributed by atoms with Crippen LogP contribution in [0.3, 0.4) is 0 Å². The maximum absolute atomic E-state index is 10.8. The quantitative estimate of drug-likeness (QED) is 0.601. The number of nitrogens with one attached hydrogen (secondary N) is 1. The summed E-state index contributed by atoms with van der Waals surface area (Å²) in [5.74, 6) is 0. The SMILES string of the molecule is Cc1ccc(CNC(C)(C)CCO)cc1[N+](=O)[O-]. The second-order valence-corrected chi connectivity index (χ2v) is 5.09. The number of nitro benzene ring substituents is 1. The van der Waals surface area contributed by atoms with Crippen LogP contribution in [-0.4, -0.2) is 22.2 Å². The average Bonchev–Trinajstić information content (AvgIpc) is 2.27. The van der Waals surface area contributed by atoms with Crippen LogP contribution in [0.25, 0.3) is 0 Å². The predicted octanol–water partition coefficient (Wildman–Crippen LogP) is 2.15. The Bertz CT molecular complexity index is 430. The minimum Gasteiger partial charge on any atom is -0.396 e. The average molecular weight is 252 g/mol. The number of hydrogen-bond acceptors (Lipinski definition) is 4. The highest BCUT2D eigenvalue weighted by atomic mass is 16.6. The molecular formula is C13H20N2O3. The number of nitro groups is 1. The third kappa shape index (κ3) is 4.09. The van der Waals surface area contributed by atoms with Crippen LogP contribution in [0.2, 0.25) is 0 Å². The number of rotatable bonds is 6. The summed E-state index contributed by atoms with van der Waals surface area (Å²) < 4.78 is 0. The van der Waals surface area contributed by atoms with Gasteiger partial charge in [-0.25, -0.2) is 0 Å². The Labute approximate surface area is 107 Å². The van der Waals surface area contributed by atoms with Crippen molar-refractivity contribution < 1.29 is 10.0 Å². The highest BCUT2D eigenvalue weighted by molar-refractivity contribution is 5.42. The molecule has 0 amide bonds. The number of hydrogen-bond donors (Lipinski definition) is 2. The largest absolute Gasteiger partial charge is 0.396 e. The summed E-state index contributed by atoms with van der Waals surface area (Å²) in [5, 5.41) is 23.0. The Kier molecular flexibility index (Phi) is 4.81. The second-order valence-electron chi connectivity index (χ2n) is 5.09. The minimum absolute atomic E-state index is 0.119. The van der Waals surface area contributed by atoms with Gasteiger partial charge in [-0.15, -0.1) is 0 Å². The van der Waals surface area contributed by atoms with Crippen LogP contribution in [-0.2, 0) is 6.54 Å². The molecule has 0 atom stereocenters. The van der Waals surface area contributed by atoms with Crippen molar-refractivity contribution >= 4 is 5.69 Å². The molecule has 18 heavy (non-hydrogen) atoms. The highest BCUT2D eigenvalue weighted by Gasteiger charge is 2.17. The van der Waals surface area contributed by atoms with Crippen molar-refractivity contribution in [3.63, 3.8) is 0 Å². The predicted molar refractivity (Wildman–Crippen MR) is 70.5 cm³/mol. The van der Waals surface area contributed by atoms with E-state index in [2.05, 4.69) is 5.32 Å². The van der Waals surface area contributed by atoms with Gasteiger partial charge in [0.1, 0.15) is 0 Å². The zero-order valence-corrected chi connectivity index (χ0v) is 11.1. The van der Waals surface area contributed by atoms with Crippen LogP contribution in [0.5, 0.6) is 0 Å². The van der Waals surface area contributed by atoms with Gasteiger partial charge < -0.3 is 10.4 Å². The van der Waals surface area contributed by atoms with Crippen molar-refractivity contribution in [3.8, 4) is 0 Å². The van der Waals surface area contributed by atoms with Gasteiger partial charge in [0, 0.05) is 30.3 Å². The molecule has 0 fully saturated rings. The van der Waals surface area contributed by atoms with Gasteiger partial charge in [0.15, 0.2) is 0 Å². The van der Waals surface area contributed by atoms with E-state index in [4.69, 9.17) is 5.11 Å². The first kappa shape index (κ1) is 14.6. The van der Waals surface area contributed by atoms with E-state index in [1.807, 2.05) is 19.9 Å². The fourth-order valence-electron chi connectivity index (χ4n) is 1.67. The molecule has 100 valence electrons. The summed E-state index contributed by atoms with van der Waals surface area (Å²) in [6.07, 6.45) is 0.640. The Morgan fingerprint density at radius 3 is 2.67 bits per heavy atom. The zero-order chi connectivity index (χ0) is 13.8. The molecule has 0 aromatic heterocycles. The number of aliphatic hydroxyl groups excluding tert-OH is 1. The highest BCUT2D eigenvalue weighted by Crippen LogP contribution is 2.19. The van der Waals surface area contributed by atoms with Crippen LogP contribution in [0.15, 0.2) is 18.2 Å². The molecule has 0 aliphatic carbocycles. The molecule has 0 unspecified atom stereocenters. The lowest BCUT2D eigenvalue weighted by Crippen LogP contribution is -2.39. The van der Waals surface area contributed by atoms with Crippen LogP contribution in [0.1, 0.15) is 31.4 Å². The maximum Gasteiger partial charge on any atom is 0.272 e. The van der Waals surface area contributed by atoms with E-state index in [1.165, 1.54) is 0 Å². The molecule has 0 heterocycles. The molecule has 1 aromatic rings. The minimum atomic E-state index is -0.363. The Hall–Kier alpha value is -1.46. The van der Waals surface area contributed by atoms with Gasteiger partial charge in [0.05, 0.1) is 4.92 Å². The summed E-state index contributed by atoms with van der Waals surface area (Å²) in [5.41, 5.74) is 1.50. The van der Waals surface area contributed by atoms with Crippen molar-refractivity contribution in [2.75, 3.05) is 6.61 Å². The molecule has 5 nitrogen and oxygen atoms in total. The Balaban J connectivity index is 2.74. The summed E-state index contributed by atoms with van der Waals surface area (Å²) in [6.45, 7) is 6.38. The number of aryl methyl sites for hydroxylation is 1. The topological polar surface area (TPSA) is 75.4 Å². The Morgan fingerprint density at radius 1 is 1.44 bits per heavy atom. The molecule has 1 aromatic carbocycles. The van der Waals surface area contributed by atoms with E-state index < -0.39 is 0 Å². The molecule has 0 saturated heterocycles. The van der Waals surface area contributed by atoms with Crippen molar-refractivity contribution in [1.29, 1.82) is 0 Å². The second kappa shape index (κ2) is 5.93. The van der Waals surface area contributed by atoms with Crippen molar-refractivity contribution in [3.05, 3.63) is 39.4 Å². The molecule has 1 rings (SSSR count). The first-order valence-electron chi connectivity index (χ1n) is 5.95. The fraction of sp³-hybridized carbons (Fsp3) is 0.538. The third-order valence-electron chi connectivity index (χ3n) is 2.98. The summed E-state index contributed by atoms with van der Waals surface area (Å²) in [7, 11) is 0. The molecular weight excluding hydrogens is 232 g/mol. The molecule has 0 bridgehead atoms. The zero-order valence-electron chi connectivity index (χ0n) is 11.1. The Morgan fingerprint density at radius 2 is 2.11 bits per heavy atom. The lowest BCUT2D eigenvalue weighted by atomic mass is 10.0. The van der Waals surface area contributed by atoms with Crippen molar-refractivity contribution in [1.82, 2.24) is 5.32 Å². The van der Waals surface area contributed by atoms with Crippen molar-refractivity contribution in [2.24, 2.45) is 0 Å². The molecule has 2 N–H and O–H groups in total. The lowest BCUT2D eigenvalue weighted by Gasteiger charge is -2.25. The lowest BCUT2D eigenvalue weighted by molar-refractivity contribution is -0.385. The molecule has 0 aliphatic rings. The van der Waals surface area contributed by atoms with Gasteiger partial charge in [0.25, 0.3) is 5.69 Å². The van der Waals surface area contributed by atoms with Gasteiger partial charge in [-0.1, -0.05) is 12.1 Å². The molecule has 0 spiro atoms. The van der Waals surface area contributed by atoms with E-state index >= 15 is 0 Å². The summed E-state index contributed by atoms with van der Waals surface area (Å²) >= 11 is 0. The standard InChI is InChI=1S/C13H20N2O3/c1-10-4-5-11(8-12(10)15(17)18)9-14-13(2,3)6-7-16/h4-5,8,14,16H,6-7,9H2,1-3H3. The van der Waals surface area contributed by atoms with Gasteiger partial charge in [0.2, 0.25) is 0 Å². The van der Waals surface area contributed by atoms with E-state index in [1.54, 1.807) is 19.1 Å². The first-order chi connectivity index (χ1) is 8.35. The van der Waals surface area contributed by atoms with Gasteiger partial charge in [-0.3, -0.25) is 10.1 Å². The van der Waals surface area contributed by atoms with Crippen molar-refractivity contribution in [2.45, 2.75) is 39.3 Å². The van der Waals surface area contributed by atoms with Gasteiger partial charge in [-0.2, -0.15) is 0 Å². The smallest absolute Gasteiger partial charge is 0.272 e. The van der Waals surface area contributed by atoms with Crippen LogP contribution in [0.4, 0.5) is 5.69 Å². The summed E-state index contributed by atoms with van der Waals surface area (Å²) in [6, 6.07) is 5.23. The van der Waals surface area contributed by atoms with E-state index in [-0.39, 0.29) is 22.8 Å². The van der Waals surface area contributed by atoms with Crippen LogP contribution in [0, 0.1) is 17.0 Å². The van der Waals surface area contributed by atoms with Gasteiger partial charge in [-0.05, 0) is 32.8 Å². The van der Waals surface area contributed by atoms with E-state index in [9.17, 15) is 10.1 Å². The van der Waals surface area contributed by atoms with E-state index in [0.29, 0.717) is 18.5 Å². The molecule has 0 aliphatic heterocycles. The fourth-order valence-corrected chi connectivity index (χ4v) is 1.67. The first-order valence-corrected chi connectivity index (χ1v) is 5.95. The van der Waals surface area contributed by atoms with Crippen LogP contribution >= 0.6 is 0 Å². The molecule has 5 heteroatoms. The number of nitrogens with zero attached hydrogens (tertiary/aromatic N) is 1. The number of benzene rings is 1.